The lowest BCUT2D eigenvalue weighted by molar-refractivity contribution is -0.124. The zero-order valence-corrected chi connectivity index (χ0v) is 17.6. The van der Waals surface area contributed by atoms with Crippen LogP contribution < -0.4 is 10.6 Å². The van der Waals surface area contributed by atoms with Gasteiger partial charge in [-0.25, -0.2) is 0 Å². The van der Waals surface area contributed by atoms with E-state index in [1.54, 1.807) is 24.3 Å². The van der Waals surface area contributed by atoms with E-state index in [1.165, 1.54) is 5.56 Å². The number of rotatable bonds is 7. The minimum atomic E-state index is -0.403. The quantitative estimate of drug-likeness (QED) is 0.715. The molecule has 2 aliphatic heterocycles. The van der Waals surface area contributed by atoms with Gasteiger partial charge < -0.3 is 20.1 Å². The van der Waals surface area contributed by atoms with Crippen LogP contribution in [0.15, 0.2) is 54.6 Å². The highest BCUT2D eigenvalue weighted by molar-refractivity contribution is 5.98. The van der Waals surface area contributed by atoms with Crippen molar-refractivity contribution in [3.63, 3.8) is 0 Å². The van der Waals surface area contributed by atoms with Crippen LogP contribution in [0.4, 0.5) is 5.69 Å². The molecule has 0 saturated carbocycles. The van der Waals surface area contributed by atoms with Crippen LogP contribution in [-0.2, 0) is 20.8 Å². The largest absolute Gasteiger partial charge is 0.374 e. The van der Waals surface area contributed by atoms with Gasteiger partial charge in [0.15, 0.2) is 0 Å². The minimum Gasteiger partial charge on any atom is -0.374 e. The van der Waals surface area contributed by atoms with E-state index in [9.17, 15) is 9.59 Å². The third-order valence-electron chi connectivity index (χ3n) is 5.58. The van der Waals surface area contributed by atoms with Crippen molar-refractivity contribution in [1.29, 1.82) is 0 Å². The van der Waals surface area contributed by atoms with Gasteiger partial charge in [0, 0.05) is 44.0 Å². The molecule has 0 aliphatic carbocycles. The maximum atomic E-state index is 12.6. The summed E-state index contributed by atoms with van der Waals surface area (Å²) in [5.41, 5.74) is 2.37. The molecule has 2 fully saturated rings. The maximum Gasteiger partial charge on any atom is 0.253 e. The number of benzene rings is 2. The van der Waals surface area contributed by atoms with Gasteiger partial charge in [0.2, 0.25) is 0 Å². The van der Waals surface area contributed by atoms with Gasteiger partial charge in [0.1, 0.15) is 6.10 Å². The van der Waals surface area contributed by atoms with Crippen molar-refractivity contribution < 1.29 is 19.1 Å². The average molecular weight is 424 g/mol. The van der Waals surface area contributed by atoms with Gasteiger partial charge in [-0.1, -0.05) is 36.4 Å². The van der Waals surface area contributed by atoms with Crippen molar-refractivity contribution in [3.8, 4) is 0 Å². The first kappa shape index (κ1) is 21.5. The third kappa shape index (κ3) is 6.13. The molecule has 2 amide bonds. The summed E-state index contributed by atoms with van der Waals surface area (Å²) >= 11 is 0. The molecule has 4 rings (SSSR count). The highest BCUT2D eigenvalue weighted by Crippen LogP contribution is 2.16. The monoisotopic (exact) mass is 423 g/mol. The average Bonchev–Trinajstić information content (AvgIpc) is 3.34. The minimum absolute atomic E-state index is 0.0520. The van der Waals surface area contributed by atoms with E-state index in [2.05, 4.69) is 27.7 Å². The van der Waals surface area contributed by atoms with E-state index in [1.807, 2.05) is 18.2 Å². The first-order chi connectivity index (χ1) is 15.2. The van der Waals surface area contributed by atoms with Crippen molar-refractivity contribution in [2.75, 3.05) is 38.2 Å². The lowest BCUT2D eigenvalue weighted by Crippen LogP contribution is -2.47. The highest BCUT2D eigenvalue weighted by atomic mass is 16.5. The van der Waals surface area contributed by atoms with E-state index in [0.717, 1.165) is 32.5 Å². The summed E-state index contributed by atoms with van der Waals surface area (Å²) in [5, 5.41) is 5.80. The van der Waals surface area contributed by atoms with E-state index in [4.69, 9.17) is 9.47 Å². The van der Waals surface area contributed by atoms with Gasteiger partial charge in [-0.15, -0.1) is 0 Å². The summed E-state index contributed by atoms with van der Waals surface area (Å²) in [5.74, 6) is -0.346. The Kier molecular flexibility index (Phi) is 7.30. The molecule has 0 unspecified atom stereocenters. The molecule has 0 radical (unpaired) electrons. The fourth-order valence-corrected chi connectivity index (χ4v) is 3.94. The summed E-state index contributed by atoms with van der Waals surface area (Å²) in [4.78, 5) is 27.2. The summed E-state index contributed by atoms with van der Waals surface area (Å²) in [6, 6.07) is 17.3. The number of ether oxygens (including phenoxy) is 2. The van der Waals surface area contributed by atoms with Gasteiger partial charge >= 0.3 is 0 Å². The Morgan fingerprint density at radius 2 is 1.90 bits per heavy atom. The Morgan fingerprint density at radius 1 is 1.03 bits per heavy atom. The van der Waals surface area contributed by atoms with E-state index in [0.29, 0.717) is 31.0 Å². The number of nitrogens with one attached hydrogen (secondary N) is 2. The number of nitrogens with zero attached hydrogens (tertiary/aromatic N) is 1. The zero-order valence-electron chi connectivity index (χ0n) is 17.6. The molecule has 2 saturated heterocycles. The van der Waals surface area contributed by atoms with Gasteiger partial charge in [-0.05, 0) is 36.6 Å². The van der Waals surface area contributed by atoms with Gasteiger partial charge in [-0.3, -0.25) is 14.5 Å². The number of hydrogen-bond donors (Lipinski definition) is 2. The number of anilines is 1. The van der Waals surface area contributed by atoms with Crippen molar-refractivity contribution in [2.24, 2.45) is 0 Å². The van der Waals surface area contributed by atoms with E-state index < -0.39 is 6.10 Å². The Balaban J connectivity index is 1.26. The first-order valence-corrected chi connectivity index (χ1v) is 10.9. The second-order valence-corrected chi connectivity index (χ2v) is 8.00. The van der Waals surface area contributed by atoms with Gasteiger partial charge in [0.25, 0.3) is 11.8 Å². The summed E-state index contributed by atoms with van der Waals surface area (Å²) in [6.45, 7) is 4.24. The SMILES string of the molecule is O=C(NC[C@@H]1CN(Cc2ccccc2)CCO1)c1cccc(NC(=O)[C@H]2CCCO2)c1. The van der Waals surface area contributed by atoms with Gasteiger partial charge in [0.05, 0.1) is 12.7 Å². The second-order valence-electron chi connectivity index (χ2n) is 8.00. The number of morpholine rings is 1. The standard InChI is InChI=1S/C24H29N3O4/c28-23(19-8-4-9-20(14-19)26-24(29)22-10-5-12-31-22)25-15-21-17-27(11-13-30-21)16-18-6-2-1-3-7-18/h1-4,6-9,14,21-22H,5,10-13,15-17H2,(H,25,28)(H,26,29)/t21-,22-/m1/s1. The number of carbonyl (C=O) groups is 2. The molecule has 7 heteroatoms. The van der Waals surface area contributed by atoms with Gasteiger partial charge in [-0.2, -0.15) is 0 Å². The summed E-state index contributed by atoms with van der Waals surface area (Å²) in [6.07, 6.45) is 1.17. The lowest BCUT2D eigenvalue weighted by atomic mass is 10.1. The first-order valence-electron chi connectivity index (χ1n) is 10.9. The van der Waals surface area contributed by atoms with Crippen molar-refractivity contribution in [2.45, 2.75) is 31.6 Å². The molecule has 7 nitrogen and oxygen atoms in total. The summed E-state index contributed by atoms with van der Waals surface area (Å²) < 4.78 is 11.2. The van der Waals surface area contributed by atoms with E-state index >= 15 is 0 Å². The smallest absolute Gasteiger partial charge is 0.253 e. The lowest BCUT2D eigenvalue weighted by Gasteiger charge is -2.33. The Morgan fingerprint density at radius 3 is 2.71 bits per heavy atom. The van der Waals surface area contributed by atoms with Crippen molar-refractivity contribution >= 4 is 17.5 Å². The molecule has 31 heavy (non-hydrogen) atoms. The normalized spacial score (nSPS) is 21.5. The van der Waals surface area contributed by atoms with Crippen molar-refractivity contribution in [3.05, 3.63) is 65.7 Å². The fourth-order valence-electron chi connectivity index (χ4n) is 3.94. The number of hydrogen-bond acceptors (Lipinski definition) is 5. The van der Waals surface area contributed by atoms with Crippen LogP contribution in [0.2, 0.25) is 0 Å². The van der Waals surface area contributed by atoms with Crippen LogP contribution in [0.25, 0.3) is 0 Å². The Hall–Kier alpha value is -2.74. The molecule has 0 bridgehead atoms. The Labute approximate surface area is 182 Å². The third-order valence-corrected chi connectivity index (χ3v) is 5.58. The zero-order chi connectivity index (χ0) is 21.5. The number of carbonyl (C=O) groups excluding carboxylic acids is 2. The molecule has 2 heterocycles. The van der Waals surface area contributed by atoms with Crippen LogP contribution >= 0.6 is 0 Å². The molecule has 0 spiro atoms. The van der Waals surface area contributed by atoms with E-state index in [-0.39, 0.29) is 17.9 Å². The highest BCUT2D eigenvalue weighted by Gasteiger charge is 2.24. The molecule has 2 atom stereocenters. The van der Waals surface area contributed by atoms with Crippen molar-refractivity contribution in [1.82, 2.24) is 10.2 Å². The van der Waals surface area contributed by atoms with Crippen LogP contribution in [0.5, 0.6) is 0 Å². The molecule has 2 aliphatic rings. The predicted molar refractivity (Wildman–Crippen MR) is 118 cm³/mol. The molecule has 2 aromatic carbocycles. The molecule has 2 N–H and O–H groups in total. The maximum absolute atomic E-state index is 12.6. The number of amides is 2. The van der Waals surface area contributed by atoms with Crippen LogP contribution in [0, 0.1) is 0 Å². The molecule has 0 aromatic heterocycles. The molecular formula is C24H29N3O4. The van der Waals surface area contributed by atoms with Crippen LogP contribution in [0.3, 0.4) is 0 Å². The Bertz CT molecular complexity index is 883. The molecular weight excluding hydrogens is 394 g/mol. The fraction of sp³-hybridized carbons (Fsp3) is 0.417. The topological polar surface area (TPSA) is 79.9 Å². The van der Waals surface area contributed by atoms with Crippen LogP contribution in [0.1, 0.15) is 28.8 Å². The summed E-state index contributed by atoms with van der Waals surface area (Å²) in [7, 11) is 0. The predicted octanol–water partition coefficient (Wildman–Crippen LogP) is 2.43. The molecule has 164 valence electrons. The van der Waals surface area contributed by atoms with Crippen LogP contribution in [-0.4, -0.2) is 61.8 Å². The molecule has 2 aromatic rings. The second kappa shape index (κ2) is 10.5.